The lowest BCUT2D eigenvalue weighted by atomic mass is 9.81. The molecule has 0 unspecified atom stereocenters. The Balaban J connectivity index is 2.49. The molecule has 0 spiro atoms. The van der Waals surface area contributed by atoms with E-state index in [9.17, 15) is 4.79 Å². The van der Waals surface area contributed by atoms with Crippen molar-refractivity contribution >= 4 is 22.9 Å². The summed E-state index contributed by atoms with van der Waals surface area (Å²) in [7, 11) is 0. The molecule has 0 saturated heterocycles. The minimum atomic E-state index is -0.0165. The van der Waals surface area contributed by atoms with Gasteiger partial charge < -0.3 is 10.6 Å². The fourth-order valence-corrected chi connectivity index (χ4v) is 2.28. The van der Waals surface area contributed by atoms with Crippen LogP contribution in [-0.4, -0.2) is 12.5 Å². The van der Waals surface area contributed by atoms with Gasteiger partial charge in [-0.3, -0.25) is 4.79 Å². The molecule has 0 aliphatic carbocycles. The molecule has 1 aromatic rings. The van der Waals surface area contributed by atoms with Crippen LogP contribution < -0.4 is 10.6 Å². The molecule has 18 heavy (non-hydrogen) atoms. The van der Waals surface area contributed by atoms with Gasteiger partial charge in [0.05, 0.1) is 5.69 Å². The molecule has 102 valence electrons. The molecule has 1 rings (SSSR count). The molecule has 0 atom stereocenters. The third kappa shape index (κ3) is 4.42. The Hall–Kier alpha value is -0.870. The van der Waals surface area contributed by atoms with E-state index in [-0.39, 0.29) is 11.3 Å². The van der Waals surface area contributed by atoms with E-state index in [1.165, 1.54) is 11.8 Å². The van der Waals surface area contributed by atoms with Crippen molar-refractivity contribution in [3.05, 3.63) is 16.3 Å². The van der Waals surface area contributed by atoms with Gasteiger partial charge in [0.15, 0.2) is 0 Å². The quantitative estimate of drug-likeness (QED) is 0.829. The maximum atomic E-state index is 11.1. The van der Waals surface area contributed by atoms with Crippen molar-refractivity contribution in [3.8, 4) is 0 Å². The highest BCUT2D eigenvalue weighted by atomic mass is 32.1. The number of carbonyl (C=O) groups is 1. The molecule has 0 aliphatic heterocycles. The number of rotatable bonds is 6. The number of thiophene rings is 1. The zero-order valence-corrected chi connectivity index (χ0v) is 12.8. The van der Waals surface area contributed by atoms with Gasteiger partial charge in [-0.25, -0.2) is 0 Å². The smallest absolute Gasteiger partial charge is 0.221 e. The number of anilines is 1. The number of carbonyl (C=O) groups excluding carboxylic acids is 1. The van der Waals surface area contributed by atoms with E-state index in [2.05, 4.69) is 38.3 Å². The summed E-state index contributed by atoms with van der Waals surface area (Å²) in [5.74, 6) is 0.625. The molecule has 1 heterocycles. The van der Waals surface area contributed by atoms with Crippen molar-refractivity contribution in [1.29, 1.82) is 0 Å². The van der Waals surface area contributed by atoms with Gasteiger partial charge in [-0.05, 0) is 22.8 Å². The van der Waals surface area contributed by atoms with Crippen LogP contribution in [0.5, 0.6) is 0 Å². The second-order valence-electron chi connectivity index (χ2n) is 5.69. The van der Waals surface area contributed by atoms with Crippen LogP contribution in [0, 0.1) is 11.3 Å². The van der Waals surface area contributed by atoms with Gasteiger partial charge in [-0.2, -0.15) is 0 Å². The van der Waals surface area contributed by atoms with Crippen LogP contribution in [0.3, 0.4) is 0 Å². The molecule has 2 N–H and O–H groups in total. The van der Waals surface area contributed by atoms with E-state index in [0.717, 1.165) is 18.8 Å². The highest BCUT2D eigenvalue weighted by molar-refractivity contribution is 7.10. The summed E-state index contributed by atoms with van der Waals surface area (Å²) in [6.45, 7) is 12.4. The first-order valence-electron chi connectivity index (χ1n) is 6.37. The summed E-state index contributed by atoms with van der Waals surface area (Å²) in [5.41, 5.74) is 1.22. The number of nitrogens with one attached hydrogen (secondary N) is 2. The van der Waals surface area contributed by atoms with Crippen molar-refractivity contribution in [2.75, 3.05) is 11.9 Å². The van der Waals surface area contributed by atoms with Crippen LogP contribution in [0.15, 0.2) is 11.4 Å². The Kier molecular flexibility index (Phi) is 5.35. The average Bonchev–Trinajstić information content (AvgIpc) is 2.64. The monoisotopic (exact) mass is 268 g/mol. The molecule has 4 heteroatoms. The van der Waals surface area contributed by atoms with Gasteiger partial charge in [0.25, 0.3) is 0 Å². The zero-order chi connectivity index (χ0) is 13.8. The summed E-state index contributed by atoms with van der Waals surface area (Å²) in [4.78, 5) is 12.2. The molecule has 0 saturated carbocycles. The molecule has 0 aromatic carbocycles. The highest BCUT2D eigenvalue weighted by Crippen LogP contribution is 2.26. The highest BCUT2D eigenvalue weighted by Gasteiger charge is 2.21. The average molecular weight is 268 g/mol. The van der Waals surface area contributed by atoms with Gasteiger partial charge in [0, 0.05) is 24.9 Å². The minimum Gasteiger partial charge on any atom is -0.325 e. The Labute approximate surface area is 114 Å². The lowest BCUT2D eigenvalue weighted by Crippen LogP contribution is -2.33. The predicted octanol–water partition coefficient (Wildman–Crippen LogP) is 3.48. The zero-order valence-electron chi connectivity index (χ0n) is 12.0. The molecule has 3 nitrogen and oxygen atoms in total. The number of amides is 1. The first kappa shape index (κ1) is 15.2. The first-order valence-corrected chi connectivity index (χ1v) is 7.25. The van der Waals surface area contributed by atoms with Gasteiger partial charge in [-0.1, -0.05) is 27.7 Å². The summed E-state index contributed by atoms with van der Waals surface area (Å²) >= 11 is 1.67. The van der Waals surface area contributed by atoms with Crippen LogP contribution in [0.2, 0.25) is 0 Å². The Morgan fingerprint density at radius 2 is 2.11 bits per heavy atom. The van der Waals surface area contributed by atoms with Crippen LogP contribution in [-0.2, 0) is 11.3 Å². The standard InChI is InChI=1S/C14H24N2OS/c1-10(2)14(4,5)9-15-8-13-12(6-7-18-13)16-11(3)17/h6-7,10,15H,8-9H2,1-5H3,(H,16,17). The summed E-state index contributed by atoms with van der Waals surface area (Å²) < 4.78 is 0. The second-order valence-corrected chi connectivity index (χ2v) is 6.69. The lowest BCUT2D eigenvalue weighted by Gasteiger charge is -2.29. The molecule has 0 aliphatic rings. The van der Waals surface area contributed by atoms with Gasteiger partial charge in [0.2, 0.25) is 5.91 Å². The third-order valence-electron chi connectivity index (χ3n) is 3.49. The number of hydrogen-bond donors (Lipinski definition) is 2. The molecule has 0 radical (unpaired) electrons. The van der Waals surface area contributed by atoms with E-state index in [4.69, 9.17) is 0 Å². The third-order valence-corrected chi connectivity index (χ3v) is 4.41. The molecule has 1 aromatic heterocycles. The topological polar surface area (TPSA) is 41.1 Å². The lowest BCUT2D eigenvalue weighted by molar-refractivity contribution is -0.114. The Morgan fingerprint density at radius 1 is 1.44 bits per heavy atom. The number of hydrogen-bond acceptors (Lipinski definition) is 3. The molecule has 1 amide bonds. The van der Waals surface area contributed by atoms with Gasteiger partial charge in [-0.15, -0.1) is 11.3 Å². The maximum Gasteiger partial charge on any atom is 0.221 e. The summed E-state index contributed by atoms with van der Waals surface area (Å²) in [6.07, 6.45) is 0. The van der Waals surface area contributed by atoms with Crippen molar-refractivity contribution in [3.63, 3.8) is 0 Å². The molecule has 0 bridgehead atoms. The first-order chi connectivity index (χ1) is 8.33. The summed E-state index contributed by atoms with van der Waals surface area (Å²) in [5, 5.41) is 8.35. The fourth-order valence-electron chi connectivity index (χ4n) is 1.48. The van der Waals surface area contributed by atoms with Gasteiger partial charge >= 0.3 is 0 Å². The normalized spacial score (nSPS) is 11.9. The van der Waals surface area contributed by atoms with Gasteiger partial charge in [0.1, 0.15) is 0 Å². The minimum absolute atomic E-state index is 0.0165. The van der Waals surface area contributed by atoms with Crippen LogP contribution in [0.25, 0.3) is 0 Å². The van der Waals surface area contributed by atoms with Crippen molar-refractivity contribution in [2.45, 2.75) is 41.2 Å². The Morgan fingerprint density at radius 3 is 2.67 bits per heavy atom. The summed E-state index contributed by atoms with van der Waals surface area (Å²) in [6, 6.07) is 1.96. The van der Waals surface area contributed by atoms with Crippen LogP contribution in [0.4, 0.5) is 5.69 Å². The molecule has 0 fully saturated rings. The Bertz CT molecular complexity index is 396. The SMILES string of the molecule is CC(=O)Nc1ccsc1CNCC(C)(C)C(C)C. The van der Waals surface area contributed by atoms with Crippen molar-refractivity contribution < 1.29 is 4.79 Å². The fraction of sp³-hybridized carbons (Fsp3) is 0.643. The van der Waals surface area contributed by atoms with E-state index < -0.39 is 0 Å². The van der Waals surface area contributed by atoms with E-state index in [1.807, 2.05) is 11.4 Å². The van der Waals surface area contributed by atoms with Crippen LogP contribution in [0.1, 0.15) is 39.5 Å². The molecular weight excluding hydrogens is 244 g/mol. The molecular formula is C14H24N2OS. The van der Waals surface area contributed by atoms with Crippen molar-refractivity contribution in [2.24, 2.45) is 11.3 Å². The second kappa shape index (κ2) is 6.34. The predicted molar refractivity (Wildman–Crippen MR) is 78.9 cm³/mol. The van der Waals surface area contributed by atoms with Crippen molar-refractivity contribution in [1.82, 2.24) is 5.32 Å². The van der Waals surface area contributed by atoms with E-state index >= 15 is 0 Å². The van der Waals surface area contributed by atoms with Crippen LogP contribution >= 0.6 is 11.3 Å². The van der Waals surface area contributed by atoms with E-state index in [1.54, 1.807) is 11.3 Å². The maximum absolute atomic E-state index is 11.1. The largest absolute Gasteiger partial charge is 0.325 e. The van der Waals surface area contributed by atoms with E-state index in [0.29, 0.717) is 5.92 Å².